The molecule has 4 amide bonds. The number of carbonyl (C=O) groups excluding carboxylic acids is 4. The number of rotatable bonds is 5. The molecule has 162 valence electrons. The second-order valence-corrected chi connectivity index (χ2v) is 9.28. The molecular weight excluding hydrogens is 386 g/mol. The number of nitrogens with one attached hydrogen (secondary N) is 2. The number of aryl methyl sites for hydroxylation is 1. The molecule has 1 aliphatic carbocycles. The van der Waals surface area contributed by atoms with Crippen LogP contribution in [0.1, 0.15) is 45.6 Å². The van der Waals surface area contributed by atoms with Crippen LogP contribution in [-0.2, 0) is 19.1 Å². The number of amides is 4. The van der Waals surface area contributed by atoms with E-state index in [0.29, 0.717) is 18.5 Å². The average Bonchev–Trinajstić information content (AvgIpc) is 2.83. The van der Waals surface area contributed by atoms with Crippen LogP contribution in [0.3, 0.4) is 0 Å². The third-order valence-corrected chi connectivity index (χ3v) is 5.69. The molecule has 2 N–H and O–H groups in total. The molecule has 0 radical (unpaired) electrons. The predicted molar refractivity (Wildman–Crippen MR) is 111 cm³/mol. The van der Waals surface area contributed by atoms with E-state index >= 15 is 0 Å². The molecule has 2 aliphatic rings. The maximum absolute atomic E-state index is 13.0. The molecule has 0 bridgehead atoms. The number of nitrogens with zero attached hydrogens (tertiary/aromatic N) is 1. The first-order valence-corrected chi connectivity index (χ1v) is 10.2. The molecule has 1 saturated heterocycles. The molecule has 0 aromatic heterocycles. The molecule has 8 nitrogen and oxygen atoms in total. The van der Waals surface area contributed by atoms with Gasteiger partial charge in [0.2, 0.25) is 0 Å². The SMILES string of the molecule is Cc1ccccc1NC(=O)COC(=O)CN1C(=O)N[C@@]2(C[C@H](C)CC(C)(C)C2)C1=O. The number of anilines is 1. The van der Waals surface area contributed by atoms with Crippen molar-refractivity contribution in [3.63, 3.8) is 0 Å². The van der Waals surface area contributed by atoms with Crippen molar-refractivity contribution in [1.82, 2.24) is 10.2 Å². The van der Waals surface area contributed by atoms with Crippen LogP contribution >= 0.6 is 0 Å². The Hall–Kier alpha value is -2.90. The normalized spacial score (nSPS) is 25.2. The highest BCUT2D eigenvalue weighted by Gasteiger charge is 2.56. The van der Waals surface area contributed by atoms with E-state index in [9.17, 15) is 19.2 Å². The van der Waals surface area contributed by atoms with Gasteiger partial charge in [0.15, 0.2) is 6.61 Å². The van der Waals surface area contributed by atoms with Crippen LogP contribution in [0.2, 0.25) is 0 Å². The minimum atomic E-state index is -0.971. The zero-order valence-corrected chi connectivity index (χ0v) is 17.9. The summed E-state index contributed by atoms with van der Waals surface area (Å²) in [6, 6.07) is 6.64. The lowest BCUT2D eigenvalue weighted by molar-refractivity contribution is -0.150. The van der Waals surface area contributed by atoms with Crippen molar-refractivity contribution in [3.8, 4) is 0 Å². The van der Waals surface area contributed by atoms with Crippen LogP contribution in [0.25, 0.3) is 0 Å². The van der Waals surface area contributed by atoms with E-state index in [1.54, 1.807) is 12.1 Å². The number of benzene rings is 1. The topological polar surface area (TPSA) is 105 Å². The molecule has 1 aromatic carbocycles. The van der Waals surface area contributed by atoms with E-state index in [0.717, 1.165) is 16.9 Å². The Kier molecular flexibility index (Phi) is 5.87. The minimum Gasteiger partial charge on any atom is -0.454 e. The molecule has 1 heterocycles. The first-order chi connectivity index (χ1) is 14.0. The molecule has 2 fully saturated rings. The van der Waals surface area contributed by atoms with Crippen molar-refractivity contribution in [3.05, 3.63) is 29.8 Å². The summed E-state index contributed by atoms with van der Waals surface area (Å²) in [4.78, 5) is 50.6. The van der Waals surface area contributed by atoms with E-state index in [2.05, 4.69) is 31.4 Å². The van der Waals surface area contributed by atoms with Crippen molar-refractivity contribution < 1.29 is 23.9 Å². The van der Waals surface area contributed by atoms with Gasteiger partial charge in [-0.05, 0) is 49.1 Å². The predicted octanol–water partition coefficient (Wildman–Crippen LogP) is 2.61. The fourth-order valence-electron chi connectivity index (χ4n) is 4.87. The van der Waals surface area contributed by atoms with Crippen molar-refractivity contribution in [1.29, 1.82) is 0 Å². The molecule has 30 heavy (non-hydrogen) atoms. The third-order valence-electron chi connectivity index (χ3n) is 5.69. The Morgan fingerprint density at radius 3 is 2.60 bits per heavy atom. The molecule has 3 rings (SSSR count). The molecular formula is C22H29N3O5. The van der Waals surface area contributed by atoms with Crippen LogP contribution in [-0.4, -0.2) is 47.4 Å². The third kappa shape index (κ3) is 4.63. The Balaban J connectivity index is 1.56. The molecule has 1 aliphatic heterocycles. The van der Waals surface area contributed by atoms with Gasteiger partial charge in [-0.2, -0.15) is 0 Å². The van der Waals surface area contributed by atoms with Gasteiger partial charge >= 0.3 is 12.0 Å². The number of hydrogen-bond acceptors (Lipinski definition) is 5. The highest BCUT2D eigenvalue weighted by atomic mass is 16.5. The lowest BCUT2D eigenvalue weighted by Crippen LogP contribution is -2.54. The minimum absolute atomic E-state index is 0.0925. The van der Waals surface area contributed by atoms with Crippen molar-refractivity contribution in [2.24, 2.45) is 11.3 Å². The Morgan fingerprint density at radius 2 is 1.93 bits per heavy atom. The number of esters is 1. The molecule has 8 heteroatoms. The van der Waals surface area contributed by atoms with Crippen LogP contribution in [0, 0.1) is 18.3 Å². The van der Waals surface area contributed by atoms with Gasteiger partial charge in [0.1, 0.15) is 12.1 Å². The van der Waals surface area contributed by atoms with E-state index in [1.165, 1.54) is 0 Å². The molecule has 1 aromatic rings. The second-order valence-electron chi connectivity index (χ2n) is 9.28. The summed E-state index contributed by atoms with van der Waals surface area (Å²) < 4.78 is 4.99. The van der Waals surface area contributed by atoms with E-state index < -0.39 is 42.5 Å². The quantitative estimate of drug-likeness (QED) is 0.568. The summed E-state index contributed by atoms with van der Waals surface area (Å²) in [6.45, 7) is 7.06. The van der Waals surface area contributed by atoms with Crippen molar-refractivity contribution in [2.45, 2.75) is 52.5 Å². The van der Waals surface area contributed by atoms with Gasteiger partial charge in [0.05, 0.1) is 0 Å². The van der Waals surface area contributed by atoms with Crippen LogP contribution in [0.4, 0.5) is 10.5 Å². The summed E-state index contributed by atoms with van der Waals surface area (Å²) in [6.07, 6.45) is 2.04. The van der Waals surface area contributed by atoms with E-state index in [-0.39, 0.29) is 11.3 Å². The van der Waals surface area contributed by atoms with E-state index in [1.807, 2.05) is 19.1 Å². The Labute approximate surface area is 176 Å². The zero-order chi connectivity index (χ0) is 22.1. The lowest BCUT2D eigenvalue weighted by Gasteiger charge is -2.43. The molecule has 1 saturated carbocycles. The first-order valence-electron chi connectivity index (χ1n) is 10.2. The fourth-order valence-corrected chi connectivity index (χ4v) is 4.87. The Morgan fingerprint density at radius 1 is 1.23 bits per heavy atom. The van der Waals surface area contributed by atoms with Crippen LogP contribution in [0.5, 0.6) is 0 Å². The first kappa shape index (κ1) is 21.8. The van der Waals surface area contributed by atoms with Gasteiger partial charge in [0, 0.05) is 5.69 Å². The maximum Gasteiger partial charge on any atom is 0.326 e. The molecule has 2 atom stereocenters. The number of para-hydroxylation sites is 1. The largest absolute Gasteiger partial charge is 0.454 e. The standard InChI is InChI=1S/C22H29N3O5/c1-14-9-21(3,4)13-22(10-14)19(28)25(20(29)24-22)11-18(27)30-12-17(26)23-16-8-6-5-7-15(16)2/h5-8,14H,9-13H2,1-4H3,(H,23,26)(H,24,29)/t14-,22-/m1/s1. The maximum atomic E-state index is 13.0. The highest BCUT2D eigenvalue weighted by molar-refractivity contribution is 6.09. The number of hydrogen-bond donors (Lipinski definition) is 2. The number of urea groups is 1. The zero-order valence-electron chi connectivity index (χ0n) is 17.9. The number of ether oxygens (including phenoxy) is 1. The van der Waals surface area contributed by atoms with Crippen LogP contribution < -0.4 is 10.6 Å². The lowest BCUT2D eigenvalue weighted by atomic mass is 9.64. The summed E-state index contributed by atoms with van der Waals surface area (Å²) in [7, 11) is 0. The van der Waals surface area contributed by atoms with Gasteiger partial charge in [-0.1, -0.05) is 39.0 Å². The summed E-state index contributed by atoms with van der Waals surface area (Å²) in [5.41, 5.74) is 0.445. The van der Waals surface area contributed by atoms with E-state index in [4.69, 9.17) is 4.74 Å². The smallest absolute Gasteiger partial charge is 0.326 e. The van der Waals surface area contributed by atoms with Gasteiger partial charge in [-0.25, -0.2) is 4.79 Å². The number of imide groups is 1. The van der Waals surface area contributed by atoms with Gasteiger partial charge in [-0.3, -0.25) is 19.3 Å². The Bertz CT molecular complexity index is 881. The molecule has 0 unspecified atom stereocenters. The fraction of sp³-hybridized carbons (Fsp3) is 0.545. The summed E-state index contributed by atoms with van der Waals surface area (Å²) in [5.74, 6) is -1.42. The average molecular weight is 415 g/mol. The monoisotopic (exact) mass is 415 g/mol. The van der Waals surface area contributed by atoms with Gasteiger partial charge < -0.3 is 15.4 Å². The summed E-state index contributed by atoms with van der Waals surface area (Å²) >= 11 is 0. The van der Waals surface area contributed by atoms with Gasteiger partial charge in [-0.15, -0.1) is 0 Å². The molecule has 1 spiro atoms. The second kappa shape index (κ2) is 8.08. The van der Waals surface area contributed by atoms with Crippen molar-refractivity contribution >= 4 is 29.5 Å². The van der Waals surface area contributed by atoms with Crippen LogP contribution in [0.15, 0.2) is 24.3 Å². The summed E-state index contributed by atoms with van der Waals surface area (Å²) in [5, 5.41) is 5.48. The van der Waals surface area contributed by atoms with Crippen molar-refractivity contribution in [2.75, 3.05) is 18.5 Å². The highest BCUT2D eigenvalue weighted by Crippen LogP contribution is 2.46. The number of carbonyl (C=O) groups is 4. The van der Waals surface area contributed by atoms with Gasteiger partial charge in [0.25, 0.3) is 11.8 Å².